The molecule has 1 N–H and O–H groups in total. The highest BCUT2D eigenvalue weighted by Gasteiger charge is 2.22. The highest BCUT2D eigenvalue weighted by molar-refractivity contribution is 5.78. The lowest BCUT2D eigenvalue weighted by molar-refractivity contribution is 0.393. The van der Waals surface area contributed by atoms with Gasteiger partial charge < -0.3 is 19.4 Å². The second-order valence-electron chi connectivity index (χ2n) is 7.90. The summed E-state index contributed by atoms with van der Waals surface area (Å²) < 4.78 is 4.33. The first-order valence-corrected chi connectivity index (χ1v) is 10.3. The van der Waals surface area contributed by atoms with Gasteiger partial charge in [0.25, 0.3) is 0 Å². The first-order chi connectivity index (χ1) is 14.7. The Morgan fingerprint density at radius 2 is 1.90 bits per heavy atom. The molecule has 30 heavy (non-hydrogen) atoms. The fraction of sp³-hybridized carbons (Fsp3) is 0.381. The molecule has 1 aliphatic heterocycles. The molecule has 0 atom stereocenters. The minimum atomic E-state index is 0.334. The summed E-state index contributed by atoms with van der Waals surface area (Å²) in [6, 6.07) is 4.71. The SMILES string of the molecule is CC(C)n1cnc2cnc(Nc3ccnc(N4CCC(n5ccnc5)CC4)n3)cc21. The van der Waals surface area contributed by atoms with Crippen molar-refractivity contribution < 1.29 is 0 Å². The molecule has 4 aromatic heterocycles. The fourth-order valence-electron chi connectivity index (χ4n) is 3.96. The zero-order valence-electron chi connectivity index (χ0n) is 17.2. The summed E-state index contributed by atoms with van der Waals surface area (Å²) >= 11 is 0. The van der Waals surface area contributed by atoms with Gasteiger partial charge in [-0.3, -0.25) is 0 Å². The zero-order chi connectivity index (χ0) is 20.5. The Morgan fingerprint density at radius 1 is 1.03 bits per heavy atom. The van der Waals surface area contributed by atoms with Crippen molar-refractivity contribution in [2.45, 2.75) is 38.8 Å². The van der Waals surface area contributed by atoms with Gasteiger partial charge in [-0.25, -0.2) is 19.9 Å². The van der Waals surface area contributed by atoms with Gasteiger partial charge in [-0.1, -0.05) is 0 Å². The highest BCUT2D eigenvalue weighted by Crippen LogP contribution is 2.26. The van der Waals surface area contributed by atoms with E-state index in [1.54, 1.807) is 12.4 Å². The summed E-state index contributed by atoms with van der Waals surface area (Å²) in [6.45, 7) is 6.12. The number of nitrogens with zero attached hydrogens (tertiary/aromatic N) is 8. The van der Waals surface area contributed by atoms with Gasteiger partial charge in [0.15, 0.2) is 0 Å². The van der Waals surface area contributed by atoms with E-state index in [1.807, 2.05) is 37.2 Å². The van der Waals surface area contributed by atoms with Crippen LogP contribution in [0.4, 0.5) is 17.6 Å². The Morgan fingerprint density at radius 3 is 2.67 bits per heavy atom. The number of pyridine rings is 1. The number of hydrogen-bond acceptors (Lipinski definition) is 7. The van der Waals surface area contributed by atoms with Crippen molar-refractivity contribution in [1.82, 2.24) is 34.1 Å². The molecule has 0 unspecified atom stereocenters. The van der Waals surface area contributed by atoms with Crippen LogP contribution < -0.4 is 10.2 Å². The third-order valence-electron chi connectivity index (χ3n) is 5.61. The minimum absolute atomic E-state index is 0.334. The number of fused-ring (bicyclic) bond motifs is 1. The maximum absolute atomic E-state index is 4.73. The van der Waals surface area contributed by atoms with E-state index in [2.05, 4.69) is 53.1 Å². The first-order valence-electron chi connectivity index (χ1n) is 10.3. The molecule has 0 bridgehead atoms. The topological polar surface area (TPSA) is 89.6 Å². The average molecular weight is 403 g/mol. The van der Waals surface area contributed by atoms with E-state index >= 15 is 0 Å². The summed E-state index contributed by atoms with van der Waals surface area (Å²) in [5.74, 6) is 2.23. The lowest BCUT2D eigenvalue weighted by Crippen LogP contribution is -2.35. The third kappa shape index (κ3) is 3.58. The van der Waals surface area contributed by atoms with Gasteiger partial charge in [0.1, 0.15) is 17.2 Å². The maximum Gasteiger partial charge on any atom is 0.227 e. The molecule has 5 heterocycles. The summed E-state index contributed by atoms with van der Waals surface area (Å²) in [5.41, 5.74) is 1.94. The molecule has 0 amide bonds. The van der Waals surface area contributed by atoms with Crippen LogP contribution in [0.5, 0.6) is 0 Å². The van der Waals surface area contributed by atoms with Crippen LogP contribution in [0.15, 0.2) is 49.6 Å². The third-order valence-corrected chi connectivity index (χ3v) is 5.61. The quantitative estimate of drug-likeness (QED) is 0.545. The molecule has 5 rings (SSSR count). The van der Waals surface area contributed by atoms with Gasteiger partial charge >= 0.3 is 0 Å². The van der Waals surface area contributed by atoms with E-state index in [1.165, 1.54) is 0 Å². The second-order valence-corrected chi connectivity index (χ2v) is 7.90. The highest BCUT2D eigenvalue weighted by atomic mass is 15.3. The van der Waals surface area contributed by atoms with Gasteiger partial charge in [0.2, 0.25) is 5.95 Å². The molecule has 1 fully saturated rings. The Balaban J connectivity index is 1.31. The molecular weight excluding hydrogens is 378 g/mol. The van der Waals surface area contributed by atoms with Gasteiger partial charge in [0, 0.05) is 49.8 Å². The molecule has 1 aliphatic rings. The molecule has 0 aliphatic carbocycles. The second kappa shape index (κ2) is 7.74. The normalized spacial score (nSPS) is 15.2. The Bertz CT molecular complexity index is 1120. The molecule has 0 radical (unpaired) electrons. The van der Waals surface area contributed by atoms with Crippen LogP contribution in [0.1, 0.15) is 38.8 Å². The largest absolute Gasteiger partial charge is 0.341 e. The van der Waals surface area contributed by atoms with Gasteiger partial charge in [-0.05, 0) is 32.8 Å². The van der Waals surface area contributed by atoms with Crippen molar-refractivity contribution in [3.8, 4) is 0 Å². The van der Waals surface area contributed by atoms with Crippen LogP contribution in [-0.4, -0.2) is 47.1 Å². The molecule has 0 saturated carbocycles. The molecule has 9 nitrogen and oxygen atoms in total. The standard InChI is InChI=1S/C21H25N9/c1-15(2)30-14-25-17-12-24-20(11-18(17)30)26-19-3-6-23-21(27-19)28-8-4-16(5-9-28)29-10-7-22-13-29/h3,6-7,10-16H,4-5,8-9H2,1-2H3,(H,23,24,26,27). The number of nitrogens with one attached hydrogen (secondary N) is 1. The molecule has 0 aromatic carbocycles. The van der Waals surface area contributed by atoms with E-state index in [-0.39, 0.29) is 0 Å². The van der Waals surface area contributed by atoms with Crippen LogP contribution in [0.2, 0.25) is 0 Å². The van der Waals surface area contributed by atoms with E-state index in [9.17, 15) is 0 Å². The molecule has 9 heteroatoms. The fourth-order valence-corrected chi connectivity index (χ4v) is 3.96. The summed E-state index contributed by atoms with van der Waals surface area (Å²) in [6.07, 6.45) is 13.3. The van der Waals surface area contributed by atoms with E-state index < -0.39 is 0 Å². The van der Waals surface area contributed by atoms with Crippen LogP contribution >= 0.6 is 0 Å². The van der Waals surface area contributed by atoms with E-state index in [4.69, 9.17) is 4.98 Å². The molecule has 0 spiro atoms. The van der Waals surface area contributed by atoms with Gasteiger partial charge in [-0.15, -0.1) is 0 Å². The van der Waals surface area contributed by atoms with E-state index in [0.29, 0.717) is 12.1 Å². The monoisotopic (exact) mass is 403 g/mol. The number of anilines is 3. The Hall–Kier alpha value is -3.49. The van der Waals surface area contributed by atoms with Gasteiger partial charge in [0.05, 0.1) is 24.4 Å². The number of piperidine rings is 1. The smallest absolute Gasteiger partial charge is 0.227 e. The Labute approximate surface area is 174 Å². The zero-order valence-corrected chi connectivity index (χ0v) is 17.2. The predicted octanol–water partition coefficient (Wildman–Crippen LogP) is 3.58. The van der Waals surface area contributed by atoms with Crippen LogP contribution in [0.3, 0.4) is 0 Å². The first kappa shape index (κ1) is 18.5. The van der Waals surface area contributed by atoms with Crippen molar-refractivity contribution in [3.05, 3.63) is 49.6 Å². The van der Waals surface area contributed by atoms with E-state index in [0.717, 1.165) is 54.5 Å². The van der Waals surface area contributed by atoms with Crippen molar-refractivity contribution >= 4 is 28.6 Å². The minimum Gasteiger partial charge on any atom is -0.341 e. The number of hydrogen-bond donors (Lipinski definition) is 1. The van der Waals surface area contributed by atoms with Crippen molar-refractivity contribution in [1.29, 1.82) is 0 Å². The summed E-state index contributed by atoms with van der Waals surface area (Å²) in [4.78, 5) is 24.5. The van der Waals surface area contributed by atoms with Crippen LogP contribution in [0.25, 0.3) is 11.0 Å². The van der Waals surface area contributed by atoms with Crippen LogP contribution in [-0.2, 0) is 0 Å². The molecular formula is C21H25N9. The summed E-state index contributed by atoms with van der Waals surface area (Å²) in [7, 11) is 0. The molecule has 1 saturated heterocycles. The number of imidazole rings is 2. The lowest BCUT2D eigenvalue weighted by Gasteiger charge is -2.32. The lowest BCUT2D eigenvalue weighted by atomic mass is 10.1. The number of rotatable bonds is 5. The molecule has 154 valence electrons. The predicted molar refractivity (Wildman–Crippen MR) is 116 cm³/mol. The summed E-state index contributed by atoms with van der Waals surface area (Å²) in [5, 5.41) is 3.32. The Kier molecular flexibility index (Phi) is 4.78. The van der Waals surface area contributed by atoms with Gasteiger partial charge in [-0.2, -0.15) is 4.98 Å². The van der Waals surface area contributed by atoms with Crippen molar-refractivity contribution in [2.75, 3.05) is 23.3 Å². The average Bonchev–Trinajstić information content (AvgIpc) is 3.44. The molecule has 4 aromatic rings. The van der Waals surface area contributed by atoms with Crippen molar-refractivity contribution in [2.24, 2.45) is 0 Å². The van der Waals surface area contributed by atoms with Crippen molar-refractivity contribution in [3.63, 3.8) is 0 Å². The number of aromatic nitrogens is 7. The van der Waals surface area contributed by atoms with Crippen LogP contribution in [0, 0.1) is 0 Å². The maximum atomic E-state index is 4.73.